The van der Waals surface area contributed by atoms with Crippen LogP contribution in [0.5, 0.6) is 0 Å². The number of rotatable bonds is 5. The molecule has 2 unspecified atom stereocenters. The van der Waals surface area contributed by atoms with E-state index in [9.17, 15) is 4.79 Å². The van der Waals surface area contributed by atoms with Crippen LogP contribution in [0.3, 0.4) is 0 Å². The number of nitrogens with one attached hydrogen (secondary N) is 1. The molecule has 0 saturated carbocycles. The summed E-state index contributed by atoms with van der Waals surface area (Å²) in [7, 11) is 0. The molecular weight excluding hydrogens is 140 g/mol. The zero-order chi connectivity index (χ0) is 8.85. The monoisotopic (exact) mass is 158 g/mol. The second-order valence-corrected chi connectivity index (χ2v) is 3.02. The Balaban J connectivity index is 3.45. The van der Waals surface area contributed by atoms with E-state index in [-0.39, 0.29) is 11.8 Å². The molecule has 0 saturated heterocycles. The van der Waals surface area contributed by atoms with Crippen LogP contribution in [0, 0.1) is 5.92 Å². The summed E-state index contributed by atoms with van der Waals surface area (Å²) in [6.07, 6.45) is 1.07. The fourth-order valence-corrected chi connectivity index (χ4v) is 0.623. The van der Waals surface area contributed by atoms with Crippen LogP contribution in [0.2, 0.25) is 0 Å². The second kappa shape index (κ2) is 5.13. The Hall–Kier alpha value is -0.570. The second-order valence-electron chi connectivity index (χ2n) is 3.02. The first-order valence-electron chi connectivity index (χ1n) is 4.10. The average molecular weight is 158 g/mol. The lowest BCUT2D eigenvalue weighted by atomic mass is 10.1. The molecule has 0 aromatic rings. The van der Waals surface area contributed by atoms with Crippen LogP contribution in [-0.4, -0.2) is 18.5 Å². The van der Waals surface area contributed by atoms with Crippen molar-refractivity contribution >= 4 is 5.91 Å². The quantitative estimate of drug-likeness (QED) is 0.612. The third-order valence-electron chi connectivity index (χ3n) is 1.87. The van der Waals surface area contributed by atoms with E-state index in [1.807, 2.05) is 6.92 Å². The van der Waals surface area contributed by atoms with Crippen molar-refractivity contribution in [3.05, 3.63) is 0 Å². The lowest BCUT2D eigenvalue weighted by Crippen LogP contribution is -2.35. The lowest BCUT2D eigenvalue weighted by Gasteiger charge is -2.13. The van der Waals surface area contributed by atoms with Gasteiger partial charge in [-0.25, -0.2) is 0 Å². The van der Waals surface area contributed by atoms with Gasteiger partial charge in [-0.2, -0.15) is 0 Å². The molecule has 0 fully saturated rings. The van der Waals surface area contributed by atoms with Crippen LogP contribution in [0.1, 0.15) is 27.2 Å². The number of nitrogens with two attached hydrogens (primary N) is 1. The van der Waals surface area contributed by atoms with Gasteiger partial charge in [0.25, 0.3) is 0 Å². The maximum absolute atomic E-state index is 10.6. The largest absolute Gasteiger partial charge is 0.369 e. The first kappa shape index (κ1) is 10.4. The molecule has 0 aliphatic heterocycles. The fraction of sp³-hybridized carbons (Fsp3) is 0.875. The number of primary amides is 1. The Bertz CT molecular complexity index is 125. The molecule has 0 rings (SSSR count). The van der Waals surface area contributed by atoms with Gasteiger partial charge in [-0.15, -0.1) is 0 Å². The minimum atomic E-state index is -0.235. The Morgan fingerprint density at radius 1 is 1.55 bits per heavy atom. The van der Waals surface area contributed by atoms with Crippen LogP contribution in [0.25, 0.3) is 0 Å². The van der Waals surface area contributed by atoms with E-state index in [1.165, 1.54) is 0 Å². The molecule has 11 heavy (non-hydrogen) atoms. The lowest BCUT2D eigenvalue weighted by molar-refractivity contribution is -0.121. The summed E-state index contributed by atoms with van der Waals surface area (Å²) >= 11 is 0. The summed E-state index contributed by atoms with van der Waals surface area (Å²) in [6, 6.07) is 0.469. The zero-order valence-electron chi connectivity index (χ0n) is 7.55. The van der Waals surface area contributed by atoms with Crippen molar-refractivity contribution in [2.24, 2.45) is 11.7 Å². The van der Waals surface area contributed by atoms with Gasteiger partial charge in [0.1, 0.15) is 0 Å². The van der Waals surface area contributed by atoms with Gasteiger partial charge in [0.05, 0.1) is 0 Å². The highest BCUT2D eigenvalue weighted by atomic mass is 16.1. The Morgan fingerprint density at radius 3 is 2.45 bits per heavy atom. The molecule has 0 aliphatic rings. The first-order chi connectivity index (χ1) is 5.07. The van der Waals surface area contributed by atoms with Crippen LogP contribution in [0.4, 0.5) is 0 Å². The van der Waals surface area contributed by atoms with Gasteiger partial charge in [-0.3, -0.25) is 4.79 Å². The molecule has 3 nitrogen and oxygen atoms in total. The van der Waals surface area contributed by atoms with Gasteiger partial charge in [0, 0.05) is 18.5 Å². The SMILES string of the molecule is CCC(C)NCC(C)C(N)=O. The maximum atomic E-state index is 10.6. The van der Waals surface area contributed by atoms with E-state index in [0.29, 0.717) is 12.6 Å². The van der Waals surface area contributed by atoms with Crippen molar-refractivity contribution in [3.8, 4) is 0 Å². The molecule has 0 radical (unpaired) electrons. The summed E-state index contributed by atoms with van der Waals surface area (Å²) < 4.78 is 0. The van der Waals surface area contributed by atoms with Crippen LogP contribution in [-0.2, 0) is 4.79 Å². The molecule has 0 heterocycles. The van der Waals surface area contributed by atoms with Gasteiger partial charge in [-0.05, 0) is 13.3 Å². The zero-order valence-corrected chi connectivity index (χ0v) is 7.55. The first-order valence-corrected chi connectivity index (χ1v) is 4.10. The van der Waals surface area contributed by atoms with E-state index in [1.54, 1.807) is 0 Å². The molecule has 2 atom stereocenters. The third kappa shape index (κ3) is 4.79. The van der Waals surface area contributed by atoms with Gasteiger partial charge < -0.3 is 11.1 Å². The van der Waals surface area contributed by atoms with E-state index in [4.69, 9.17) is 5.73 Å². The standard InChI is InChI=1S/C8H18N2O/c1-4-7(3)10-5-6(2)8(9)11/h6-7,10H,4-5H2,1-3H3,(H2,9,11). The van der Waals surface area contributed by atoms with E-state index >= 15 is 0 Å². The third-order valence-corrected chi connectivity index (χ3v) is 1.87. The minimum Gasteiger partial charge on any atom is -0.369 e. The van der Waals surface area contributed by atoms with E-state index < -0.39 is 0 Å². The Morgan fingerprint density at radius 2 is 2.09 bits per heavy atom. The molecule has 3 N–H and O–H groups in total. The molecule has 0 aliphatic carbocycles. The Kier molecular flexibility index (Phi) is 4.86. The predicted molar refractivity (Wildman–Crippen MR) is 46.1 cm³/mol. The molecule has 3 heteroatoms. The summed E-state index contributed by atoms with van der Waals surface area (Å²) in [6.45, 7) is 6.71. The van der Waals surface area contributed by atoms with Gasteiger partial charge in [0.15, 0.2) is 0 Å². The maximum Gasteiger partial charge on any atom is 0.221 e. The highest BCUT2D eigenvalue weighted by Crippen LogP contribution is 1.93. The Labute approximate surface area is 68.3 Å². The molecule has 0 aromatic carbocycles. The molecule has 0 spiro atoms. The number of hydrogen-bond donors (Lipinski definition) is 2. The number of carbonyl (C=O) groups is 1. The topological polar surface area (TPSA) is 55.1 Å². The van der Waals surface area contributed by atoms with Crippen molar-refractivity contribution in [3.63, 3.8) is 0 Å². The summed E-state index contributed by atoms with van der Waals surface area (Å²) in [4.78, 5) is 10.6. The van der Waals surface area contributed by atoms with Gasteiger partial charge in [0.2, 0.25) is 5.91 Å². The van der Waals surface area contributed by atoms with Gasteiger partial charge >= 0.3 is 0 Å². The van der Waals surface area contributed by atoms with E-state index in [0.717, 1.165) is 6.42 Å². The number of hydrogen-bond acceptors (Lipinski definition) is 2. The highest BCUT2D eigenvalue weighted by molar-refractivity contribution is 5.76. The molecule has 0 aromatic heterocycles. The van der Waals surface area contributed by atoms with Crippen molar-refractivity contribution in [1.82, 2.24) is 5.32 Å². The highest BCUT2D eigenvalue weighted by Gasteiger charge is 2.08. The number of carbonyl (C=O) groups excluding carboxylic acids is 1. The predicted octanol–water partition coefficient (Wildman–Crippen LogP) is 0.496. The van der Waals surface area contributed by atoms with Crippen LogP contribution >= 0.6 is 0 Å². The molecule has 66 valence electrons. The van der Waals surface area contributed by atoms with Crippen LogP contribution in [0.15, 0.2) is 0 Å². The van der Waals surface area contributed by atoms with E-state index in [2.05, 4.69) is 19.2 Å². The van der Waals surface area contributed by atoms with Crippen molar-refractivity contribution in [1.29, 1.82) is 0 Å². The number of amides is 1. The van der Waals surface area contributed by atoms with Crippen LogP contribution < -0.4 is 11.1 Å². The summed E-state index contributed by atoms with van der Waals surface area (Å²) in [5.41, 5.74) is 5.08. The molecule has 1 amide bonds. The summed E-state index contributed by atoms with van der Waals surface area (Å²) in [5.74, 6) is -0.301. The minimum absolute atomic E-state index is 0.0657. The smallest absolute Gasteiger partial charge is 0.221 e. The molecular formula is C8H18N2O. The normalized spacial score (nSPS) is 15.9. The van der Waals surface area contributed by atoms with Crippen molar-refractivity contribution in [2.75, 3.05) is 6.54 Å². The average Bonchev–Trinajstić information content (AvgIpc) is 1.99. The van der Waals surface area contributed by atoms with Crippen molar-refractivity contribution < 1.29 is 4.79 Å². The van der Waals surface area contributed by atoms with Crippen molar-refractivity contribution in [2.45, 2.75) is 33.2 Å². The molecule has 0 bridgehead atoms. The fourth-order valence-electron chi connectivity index (χ4n) is 0.623. The summed E-state index contributed by atoms with van der Waals surface area (Å²) in [5, 5.41) is 3.21. The van der Waals surface area contributed by atoms with Gasteiger partial charge in [-0.1, -0.05) is 13.8 Å².